The highest BCUT2D eigenvalue weighted by atomic mass is 16.5. The summed E-state index contributed by atoms with van der Waals surface area (Å²) in [5, 5.41) is 19.3. The summed E-state index contributed by atoms with van der Waals surface area (Å²) < 4.78 is 10.7. The minimum absolute atomic E-state index is 0.0385. The van der Waals surface area contributed by atoms with Gasteiger partial charge in [0.25, 0.3) is 5.91 Å². The van der Waals surface area contributed by atoms with Crippen molar-refractivity contribution >= 4 is 17.6 Å². The number of ether oxygens (including phenoxy) is 2. The largest absolute Gasteiger partial charge is 0.497 e. The number of amides is 3. The smallest absolute Gasteiger partial charge is 0.333 e. The summed E-state index contributed by atoms with van der Waals surface area (Å²) in [7, 11) is 1.52. The Kier molecular flexibility index (Phi) is 7.07. The van der Waals surface area contributed by atoms with E-state index < -0.39 is 24.2 Å². The van der Waals surface area contributed by atoms with Gasteiger partial charge in [-0.2, -0.15) is 5.26 Å². The van der Waals surface area contributed by atoms with E-state index in [9.17, 15) is 14.7 Å². The summed E-state index contributed by atoms with van der Waals surface area (Å²) in [5.41, 5.74) is 7.01. The summed E-state index contributed by atoms with van der Waals surface area (Å²) in [5.74, 6) is 0.544. The topological polar surface area (TPSA) is 129 Å². The van der Waals surface area contributed by atoms with Crippen LogP contribution in [-0.4, -0.2) is 54.5 Å². The second-order valence-corrected chi connectivity index (χ2v) is 7.05. The Morgan fingerprint density at radius 3 is 2.71 bits per heavy atom. The minimum Gasteiger partial charge on any atom is -0.497 e. The van der Waals surface area contributed by atoms with E-state index in [-0.39, 0.29) is 26.0 Å². The van der Waals surface area contributed by atoms with Gasteiger partial charge in [0.05, 0.1) is 24.9 Å². The third kappa shape index (κ3) is 5.12. The molecule has 2 aromatic carbocycles. The number of rotatable bonds is 9. The van der Waals surface area contributed by atoms with Crippen LogP contribution >= 0.6 is 0 Å². The van der Waals surface area contributed by atoms with Crippen LogP contribution in [0.3, 0.4) is 0 Å². The number of hydrogen-bond donors (Lipinski definition) is 2. The fraction of sp³-hybridized carbons (Fsp3) is 0.318. The number of urea groups is 1. The summed E-state index contributed by atoms with van der Waals surface area (Å²) in [6, 6.07) is 15.1. The van der Waals surface area contributed by atoms with E-state index in [1.807, 2.05) is 6.07 Å². The van der Waals surface area contributed by atoms with E-state index in [4.69, 9.17) is 20.5 Å². The van der Waals surface area contributed by atoms with Crippen molar-refractivity contribution in [1.29, 1.82) is 5.26 Å². The molecule has 0 radical (unpaired) electrons. The van der Waals surface area contributed by atoms with Crippen LogP contribution in [0, 0.1) is 11.3 Å². The fourth-order valence-electron chi connectivity index (χ4n) is 3.27. The quantitative estimate of drug-likeness (QED) is 0.588. The molecule has 3 rings (SSSR count). The summed E-state index contributed by atoms with van der Waals surface area (Å²) in [6.45, 7) is -0.153. The van der Waals surface area contributed by atoms with Gasteiger partial charge in [0.1, 0.15) is 30.7 Å². The second kappa shape index (κ2) is 9.93. The van der Waals surface area contributed by atoms with Crippen LogP contribution in [0.25, 0.3) is 0 Å². The van der Waals surface area contributed by atoms with Gasteiger partial charge >= 0.3 is 6.03 Å². The van der Waals surface area contributed by atoms with Crippen LogP contribution in [0.2, 0.25) is 0 Å². The van der Waals surface area contributed by atoms with E-state index in [0.717, 1.165) is 4.90 Å². The van der Waals surface area contributed by atoms with Crippen molar-refractivity contribution in [3.63, 3.8) is 0 Å². The minimum atomic E-state index is -0.878. The second-order valence-electron chi connectivity index (χ2n) is 7.05. The fourth-order valence-corrected chi connectivity index (χ4v) is 3.27. The van der Waals surface area contributed by atoms with E-state index in [2.05, 4.69) is 0 Å². The molecule has 1 heterocycles. The Labute approximate surface area is 180 Å². The highest BCUT2D eigenvalue weighted by molar-refractivity contribution is 6.12. The molecule has 0 spiro atoms. The van der Waals surface area contributed by atoms with Crippen LogP contribution in [0.15, 0.2) is 48.5 Å². The lowest BCUT2D eigenvalue weighted by Gasteiger charge is -2.24. The first-order chi connectivity index (χ1) is 14.9. The SMILES string of the molecule is COc1cccc(N2CC(=O)N(C(N)CCC(O)COc3ccccc3C#N)C2=O)c1. The van der Waals surface area contributed by atoms with Crippen LogP contribution in [0.1, 0.15) is 18.4 Å². The maximum atomic E-state index is 12.8. The van der Waals surface area contributed by atoms with E-state index >= 15 is 0 Å². The monoisotopic (exact) mass is 424 g/mol. The molecule has 3 N–H and O–H groups in total. The molecule has 1 aliphatic rings. The first-order valence-corrected chi connectivity index (χ1v) is 9.77. The van der Waals surface area contributed by atoms with Gasteiger partial charge in [-0.1, -0.05) is 18.2 Å². The maximum Gasteiger partial charge on any atom is 0.333 e. The van der Waals surface area contributed by atoms with Gasteiger partial charge in [0.15, 0.2) is 0 Å². The van der Waals surface area contributed by atoms with Crippen molar-refractivity contribution in [2.24, 2.45) is 5.73 Å². The summed E-state index contributed by atoms with van der Waals surface area (Å²) in [6.07, 6.45) is -1.34. The van der Waals surface area contributed by atoms with Gasteiger partial charge in [0, 0.05) is 11.8 Å². The van der Waals surface area contributed by atoms with Crippen molar-refractivity contribution in [2.45, 2.75) is 25.1 Å². The Balaban J connectivity index is 1.55. The number of nitriles is 1. The van der Waals surface area contributed by atoms with Gasteiger partial charge in [0.2, 0.25) is 0 Å². The molecule has 1 fully saturated rings. The van der Waals surface area contributed by atoms with Gasteiger partial charge < -0.3 is 20.3 Å². The molecule has 1 aliphatic heterocycles. The van der Waals surface area contributed by atoms with Crippen LogP contribution in [0.4, 0.5) is 10.5 Å². The molecule has 0 aliphatic carbocycles. The number of hydrogen-bond acceptors (Lipinski definition) is 7. The molecule has 0 aromatic heterocycles. The van der Waals surface area contributed by atoms with Crippen molar-refractivity contribution in [3.05, 3.63) is 54.1 Å². The third-order valence-electron chi connectivity index (χ3n) is 4.93. The van der Waals surface area contributed by atoms with Crippen LogP contribution in [-0.2, 0) is 4.79 Å². The van der Waals surface area contributed by atoms with Crippen LogP contribution in [0.5, 0.6) is 11.5 Å². The average Bonchev–Trinajstić information content (AvgIpc) is 3.10. The molecule has 9 nitrogen and oxygen atoms in total. The predicted octanol–water partition coefficient (Wildman–Crippen LogP) is 1.84. The molecule has 0 saturated carbocycles. The zero-order valence-corrected chi connectivity index (χ0v) is 17.1. The van der Waals surface area contributed by atoms with E-state index in [1.54, 1.807) is 48.5 Å². The number of benzene rings is 2. The number of methoxy groups -OCH3 is 1. The number of carbonyl (C=O) groups is 2. The third-order valence-corrected chi connectivity index (χ3v) is 4.93. The standard InChI is InChI=1S/C22H24N4O5/c1-30-18-7-4-6-16(11-18)25-13-21(28)26(22(25)29)20(24)10-9-17(27)14-31-19-8-3-2-5-15(19)12-23/h2-8,11,17,20,27H,9-10,13-14,24H2,1H3. The van der Waals surface area contributed by atoms with Crippen molar-refractivity contribution in [2.75, 3.05) is 25.2 Å². The number of nitrogens with two attached hydrogens (primary N) is 1. The zero-order chi connectivity index (χ0) is 22.4. The van der Waals surface area contributed by atoms with Crippen molar-refractivity contribution in [3.8, 4) is 17.6 Å². The lowest BCUT2D eigenvalue weighted by Crippen LogP contribution is -2.47. The van der Waals surface area contributed by atoms with E-state index in [1.165, 1.54) is 12.0 Å². The number of imide groups is 1. The molecule has 2 unspecified atom stereocenters. The molecule has 1 saturated heterocycles. The van der Waals surface area contributed by atoms with E-state index in [0.29, 0.717) is 22.7 Å². The Hall–Kier alpha value is -3.61. The number of carbonyl (C=O) groups excluding carboxylic acids is 2. The van der Waals surface area contributed by atoms with Gasteiger partial charge in [-0.3, -0.25) is 9.69 Å². The molecule has 0 bridgehead atoms. The maximum absolute atomic E-state index is 12.8. The molecule has 31 heavy (non-hydrogen) atoms. The number of aliphatic hydroxyl groups excluding tert-OH is 1. The highest BCUT2D eigenvalue weighted by Crippen LogP contribution is 2.26. The molecule has 3 amide bonds. The number of aliphatic hydroxyl groups is 1. The van der Waals surface area contributed by atoms with Crippen molar-refractivity contribution in [1.82, 2.24) is 4.90 Å². The van der Waals surface area contributed by atoms with Crippen LogP contribution < -0.4 is 20.1 Å². The van der Waals surface area contributed by atoms with Crippen molar-refractivity contribution < 1.29 is 24.2 Å². The lowest BCUT2D eigenvalue weighted by molar-refractivity contribution is -0.126. The normalized spacial score (nSPS) is 15.5. The predicted molar refractivity (Wildman–Crippen MR) is 112 cm³/mol. The molecule has 9 heteroatoms. The molecule has 2 aromatic rings. The van der Waals surface area contributed by atoms with Gasteiger partial charge in [-0.15, -0.1) is 0 Å². The molecule has 2 atom stereocenters. The Bertz CT molecular complexity index is 990. The highest BCUT2D eigenvalue weighted by Gasteiger charge is 2.40. The number of anilines is 1. The number of para-hydroxylation sites is 1. The molecule has 162 valence electrons. The first-order valence-electron chi connectivity index (χ1n) is 9.77. The summed E-state index contributed by atoms with van der Waals surface area (Å²) in [4.78, 5) is 27.5. The summed E-state index contributed by atoms with van der Waals surface area (Å²) >= 11 is 0. The Morgan fingerprint density at radius 1 is 1.19 bits per heavy atom. The molecular weight excluding hydrogens is 400 g/mol. The lowest BCUT2D eigenvalue weighted by atomic mass is 10.1. The van der Waals surface area contributed by atoms with Gasteiger partial charge in [-0.25, -0.2) is 9.69 Å². The number of nitrogens with zero attached hydrogens (tertiary/aromatic N) is 3. The first kappa shape index (κ1) is 22.1. The molecular formula is C22H24N4O5. The van der Waals surface area contributed by atoms with Gasteiger partial charge in [-0.05, 0) is 37.1 Å². The zero-order valence-electron chi connectivity index (χ0n) is 17.1. The Morgan fingerprint density at radius 2 is 1.97 bits per heavy atom. The average molecular weight is 424 g/mol.